The standard InChI is InChI=1S/C34H59N3O9/c1-16-22(12)25-34(43)46-27(20(8)9)30(39)36(14)23(17(2)3)32(41)44-26(19(6)7)29(38)35(13)24(18(4)5)33(42)45-28(21(10)11)31(40)37(25)15/h17-28H,16H2,1-15H3/t22-,23+,24-,25+,26+,27+,28-/m0/s1. The molecule has 1 rings (SSSR count). The summed E-state index contributed by atoms with van der Waals surface area (Å²) in [6.45, 7) is 20.9. The quantitative estimate of drug-likeness (QED) is 0.298. The molecule has 0 aromatic heterocycles. The minimum Gasteiger partial charge on any atom is -0.450 e. The first-order valence-electron chi connectivity index (χ1n) is 16.5. The van der Waals surface area contributed by atoms with Crippen LogP contribution in [0.4, 0.5) is 0 Å². The van der Waals surface area contributed by atoms with Crippen molar-refractivity contribution < 1.29 is 43.0 Å². The first-order chi connectivity index (χ1) is 21.1. The molecule has 0 saturated carbocycles. The number of carbonyl (C=O) groups excluding carboxylic acids is 6. The van der Waals surface area contributed by atoms with Crippen LogP contribution in [0.3, 0.4) is 0 Å². The molecule has 1 aliphatic heterocycles. The number of cyclic esters (lactones) is 3. The monoisotopic (exact) mass is 653 g/mol. The largest absolute Gasteiger partial charge is 0.450 e. The van der Waals surface area contributed by atoms with E-state index < -0.39 is 102 Å². The Balaban J connectivity index is 3.97. The fourth-order valence-electron chi connectivity index (χ4n) is 5.76. The van der Waals surface area contributed by atoms with Crippen LogP contribution in [-0.4, -0.2) is 108 Å². The summed E-state index contributed by atoms with van der Waals surface area (Å²) in [4.78, 5) is 86.8. The summed E-state index contributed by atoms with van der Waals surface area (Å²) in [7, 11) is 4.33. The van der Waals surface area contributed by atoms with Gasteiger partial charge in [-0.05, 0) is 35.5 Å². The molecule has 0 aromatic rings. The van der Waals surface area contributed by atoms with Crippen molar-refractivity contribution in [2.45, 2.75) is 126 Å². The third-order valence-electron chi connectivity index (χ3n) is 8.74. The zero-order valence-corrected chi connectivity index (χ0v) is 30.7. The van der Waals surface area contributed by atoms with Crippen LogP contribution in [0, 0.1) is 35.5 Å². The summed E-state index contributed by atoms with van der Waals surface area (Å²) in [5.41, 5.74) is 0. The van der Waals surface area contributed by atoms with Crippen molar-refractivity contribution in [2.75, 3.05) is 21.1 Å². The second-order valence-corrected chi connectivity index (χ2v) is 14.4. The predicted molar refractivity (Wildman–Crippen MR) is 173 cm³/mol. The normalized spacial score (nSPS) is 27.8. The lowest BCUT2D eigenvalue weighted by Gasteiger charge is -2.38. The summed E-state index contributed by atoms with van der Waals surface area (Å²) in [5, 5.41) is 0. The van der Waals surface area contributed by atoms with Gasteiger partial charge in [0.15, 0.2) is 18.3 Å². The zero-order chi connectivity index (χ0) is 36.0. The SMILES string of the molecule is CC[C@H](C)[C@@H]1C(=O)O[C@H](C(C)C)C(=O)N(C)[C@H](C(C)C)C(=O)O[C@H](C(C)C)C(=O)N(C)[C@@H](C(C)C)C(=O)O[C@@H](C(C)C)C(=O)N1C. The van der Waals surface area contributed by atoms with Crippen molar-refractivity contribution in [3.63, 3.8) is 0 Å². The van der Waals surface area contributed by atoms with Gasteiger partial charge in [0.2, 0.25) is 0 Å². The molecule has 0 aromatic carbocycles. The number of amides is 3. The van der Waals surface area contributed by atoms with E-state index in [0.29, 0.717) is 6.42 Å². The first-order valence-corrected chi connectivity index (χ1v) is 16.5. The molecule has 0 N–H and O–H groups in total. The molecule has 0 unspecified atom stereocenters. The molecule has 0 bridgehead atoms. The summed E-state index contributed by atoms with van der Waals surface area (Å²) in [5.74, 6) is -6.92. The van der Waals surface area contributed by atoms with Gasteiger partial charge >= 0.3 is 17.9 Å². The van der Waals surface area contributed by atoms with Gasteiger partial charge in [-0.1, -0.05) is 89.5 Å². The van der Waals surface area contributed by atoms with Gasteiger partial charge in [0.25, 0.3) is 17.7 Å². The number of carbonyl (C=O) groups is 6. The summed E-state index contributed by atoms with van der Waals surface area (Å²) in [6.07, 6.45) is -3.33. The van der Waals surface area contributed by atoms with E-state index in [1.807, 2.05) is 6.92 Å². The van der Waals surface area contributed by atoms with Crippen molar-refractivity contribution >= 4 is 35.6 Å². The molecule has 12 nitrogen and oxygen atoms in total. The van der Waals surface area contributed by atoms with Crippen LogP contribution < -0.4 is 0 Å². The fourth-order valence-corrected chi connectivity index (χ4v) is 5.76. The van der Waals surface area contributed by atoms with E-state index in [2.05, 4.69) is 0 Å². The highest BCUT2D eigenvalue weighted by Gasteiger charge is 2.45. The minimum absolute atomic E-state index is 0.380. The van der Waals surface area contributed by atoms with Crippen molar-refractivity contribution in [3.8, 4) is 0 Å². The van der Waals surface area contributed by atoms with E-state index in [0.717, 1.165) is 0 Å². The van der Waals surface area contributed by atoms with Gasteiger partial charge < -0.3 is 28.9 Å². The summed E-state index contributed by atoms with van der Waals surface area (Å²) >= 11 is 0. The molecule has 0 radical (unpaired) electrons. The van der Waals surface area contributed by atoms with Gasteiger partial charge in [-0.3, -0.25) is 14.4 Å². The molecule has 0 spiro atoms. The molecule has 0 aliphatic carbocycles. The average molecular weight is 654 g/mol. The Labute approximate surface area is 275 Å². The maximum atomic E-state index is 14.0. The lowest BCUT2D eigenvalue weighted by Crippen LogP contribution is -2.58. The van der Waals surface area contributed by atoms with Crippen molar-refractivity contribution in [3.05, 3.63) is 0 Å². The molecule has 12 heteroatoms. The first kappa shape index (κ1) is 40.8. The van der Waals surface area contributed by atoms with Crippen LogP contribution >= 0.6 is 0 Å². The topological polar surface area (TPSA) is 140 Å². The van der Waals surface area contributed by atoms with E-state index in [1.54, 1.807) is 76.2 Å². The van der Waals surface area contributed by atoms with Gasteiger partial charge in [-0.15, -0.1) is 0 Å². The average Bonchev–Trinajstić information content (AvgIpc) is 2.94. The molecule has 1 aliphatic rings. The molecule has 264 valence electrons. The van der Waals surface area contributed by atoms with E-state index in [-0.39, 0.29) is 5.92 Å². The second kappa shape index (κ2) is 17.1. The Bertz CT molecular complexity index is 1090. The van der Waals surface area contributed by atoms with Crippen LogP contribution in [0.2, 0.25) is 0 Å². The number of hydrogen-bond acceptors (Lipinski definition) is 9. The van der Waals surface area contributed by atoms with Crippen LogP contribution in [0.5, 0.6) is 0 Å². The number of nitrogens with zero attached hydrogens (tertiary/aromatic N) is 3. The molecule has 7 atom stereocenters. The summed E-state index contributed by atoms with van der Waals surface area (Å²) in [6, 6.07) is -3.32. The highest BCUT2D eigenvalue weighted by Crippen LogP contribution is 2.25. The maximum Gasteiger partial charge on any atom is 0.329 e. The van der Waals surface area contributed by atoms with Crippen molar-refractivity contribution in [1.29, 1.82) is 0 Å². The number of esters is 3. The predicted octanol–water partition coefficient (Wildman–Crippen LogP) is 3.54. The molecule has 46 heavy (non-hydrogen) atoms. The summed E-state index contributed by atoms with van der Waals surface area (Å²) < 4.78 is 17.5. The third kappa shape index (κ3) is 9.44. The van der Waals surface area contributed by atoms with Crippen LogP contribution in [-0.2, 0) is 43.0 Å². The molecule has 3 amide bonds. The minimum atomic E-state index is -1.28. The smallest absolute Gasteiger partial charge is 0.329 e. The second-order valence-electron chi connectivity index (χ2n) is 14.4. The van der Waals surface area contributed by atoms with Crippen molar-refractivity contribution in [1.82, 2.24) is 14.7 Å². The van der Waals surface area contributed by atoms with E-state index >= 15 is 0 Å². The molecule has 1 saturated heterocycles. The fraction of sp³-hybridized carbons (Fsp3) is 0.824. The number of likely N-dealkylation sites (N-methyl/N-ethyl adjacent to an activating group) is 3. The van der Waals surface area contributed by atoms with E-state index in [1.165, 1.54) is 35.8 Å². The van der Waals surface area contributed by atoms with Gasteiger partial charge in [-0.2, -0.15) is 0 Å². The van der Waals surface area contributed by atoms with Gasteiger partial charge in [-0.25, -0.2) is 14.4 Å². The Morgan fingerprint density at radius 3 is 0.913 bits per heavy atom. The van der Waals surface area contributed by atoms with Crippen LogP contribution in [0.15, 0.2) is 0 Å². The number of hydrogen-bond donors (Lipinski definition) is 0. The Morgan fingerprint density at radius 1 is 0.457 bits per heavy atom. The third-order valence-corrected chi connectivity index (χ3v) is 8.74. The maximum absolute atomic E-state index is 14.0. The highest BCUT2D eigenvalue weighted by molar-refractivity contribution is 5.94. The molecule has 1 fully saturated rings. The molecule has 1 heterocycles. The van der Waals surface area contributed by atoms with Gasteiger partial charge in [0.1, 0.15) is 18.1 Å². The highest BCUT2D eigenvalue weighted by atomic mass is 16.6. The van der Waals surface area contributed by atoms with Crippen molar-refractivity contribution in [2.24, 2.45) is 35.5 Å². The molecular formula is C34H59N3O9. The Kier molecular flexibility index (Phi) is 15.2. The lowest BCUT2D eigenvalue weighted by atomic mass is 9.95. The molecular weight excluding hydrogens is 594 g/mol. The van der Waals surface area contributed by atoms with Crippen LogP contribution in [0.1, 0.15) is 89.5 Å². The van der Waals surface area contributed by atoms with Gasteiger partial charge in [0, 0.05) is 21.1 Å². The van der Waals surface area contributed by atoms with Gasteiger partial charge in [0.05, 0.1) is 0 Å². The Hall–Kier alpha value is -3.18. The lowest BCUT2D eigenvalue weighted by molar-refractivity contribution is -0.181. The zero-order valence-electron chi connectivity index (χ0n) is 30.7. The van der Waals surface area contributed by atoms with E-state index in [4.69, 9.17) is 14.2 Å². The Morgan fingerprint density at radius 2 is 0.696 bits per heavy atom. The van der Waals surface area contributed by atoms with Crippen LogP contribution in [0.25, 0.3) is 0 Å². The van der Waals surface area contributed by atoms with E-state index in [9.17, 15) is 28.8 Å². The number of ether oxygens (including phenoxy) is 3. The number of rotatable bonds is 7.